The summed E-state index contributed by atoms with van der Waals surface area (Å²) in [6.45, 7) is 2.98. The van der Waals surface area contributed by atoms with Gasteiger partial charge in [0.05, 0.1) is 4.47 Å². The van der Waals surface area contributed by atoms with Gasteiger partial charge in [0.2, 0.25) is 0 Å². The highest BCUT2D eigenvalue weighted by atomic mass is 79.9. The normalized spacial score (nSPS) is 11.7. The molecule has 15 heavy (non-hydrogen) atoms. The summed E-state index contributed by atoms with van der Waals surface area (Å²) in [5.41, 5.74) is 0.694. The van der Waals surface area contributed by atoms with E-state index in [1.807, 2.05) is 0 Å². The summed E-state index contributed by atoms with van der Waals surface area (Å²) in [6, 6.07) is 2.46. The second-order valence-corrected chi connectivity index (χ2v) is 3.95. The number of carbonyl (C=O) groups excluding carboxylic acids is 1. The molecule has 80 valence electrons. The highest BCUT2D eigenvalue weighted by Crippen LogP contribution is 2.26. The summed E-state index contributed by atoms with van der Waals surface area (Å²) < 4.78 is 26.2. The quantitative estimate of drug-likeness (QED) is 0.594. The number of hydrogen-bond acceptors (Lipinski definition) is 1. The van der Waals surface area contributed by atoms with E-state index in [1.54, 1.807) is 6.92 Å². The lowest BCUT2D eigenvalue weighted by Crippen LogP contribution is -1.93. The average molecular weight is 275 g/mol. The molecule has 0 aromatic heterocycles. The third-order valence-electron chi connectivity index (χ3n) is 1.88. The molecule has 0 bridgehead atoms. The van der Waals surface area contributed by atoms with Crippen LogP contribution in [0, 0.1) is 11.6 Å². The first-order valence-corrected chi connectivity index (χ1v) is 5.05. The van der Waals surface area contributed by atoms with Gasteiger partial charge in [0.25, 0.3) is 0 Å². The largest absolute Gasteiger partial charge is 0.295 e. The van der Waals surface area contributed by atoms with Gasteiger partial charge >= 0.3 is 0 Å². The minimum atomic E-state index is -0.690. The van der Waals surface area contributed by atoms with E-state index in [-0.39, 0.29) is 15.8 Å². The van der Waals surface area contributed by atoms with E-state index >= 15 is 0 Å². The fourth-order valence-electron chi connectivity index (χ4n) is 1.21. The van der Waals surface area contributed by atoms with Gasteiger partial charge in [-0.2, -0.15) is 0 Å². The molecule has 1 aromatic carbocycles. The minimum Gasteiger partial charge on any atom is -0.295 e. The molecule has 0 heterocycles. The molecule has 0 N–H and O–H groups in total. The zero-order valence-electron chi connectivity index (χ0n) is 8.27. The van der Waals surface area contributed by atoms with Crippen LogP contribution in [0.4, 0.5) is 8.78 Å². The molecule has 0 aliphatic rings. The van der Waals surface area contributed by atoms with Crippen molar-refractivity contribution in [2.75, 3.05) is 0 Å². The first kappa shape index (κ1) is 12.0. The summed E-state index contributed by atoms with van der Waals surface area (Å²) >= 11 is 2.80. The van der Waals surface area contributed by atoms with Crippen molar-refractivity contribution in [1.82, 2.24) is 0 Å². The van der Waals surface area contributed by atoms with Gasteiger partial charge in [0, 0.05) is 5.56 Å². The zero-order chi connectivity index (χ0) is 11.6. The van der Waals surface area contributed by atoms with E-state index in [9.17, 15) is 13.6 Å². The van der Waals surface area contributed by atoms with Crippen LogP contribution in [0.5, 0.6) is 0 Å². The van der Waals surface area contributed by atoms with E-state index in [0.717, 1.165) is 6.07 Å². The van der Waals surface area contributed by atoms with Gasteiger partial charge in [-0.1, -0.05) is 0 Å². The van der Waals surface area contributed by atoms with Crippen molar-refractivity contribution in [2.45, 2.75) is 13.8 Å². The van der Waals surface area contributed by atoms with Crippen molar-refractivity contribution in [3.63, 3.8) is 0 Å². The Bertz CT molecular complexity index is 438. The molecule has 0 spiro atoms. The smallest absolute Gasteiger partial charge is 0.152 e. The number of allylic oxidation sites excluding steroid dienone is 2. The van der Waals surface area contributed by atoms with Crippen molar-refractivity contribution in [3.8, 4) is 0 Å². The van der Waals surface area contributed by atoms with Crippen molar-refractivity contribution in [2.24, 2.45) is 0 Å². The summed E-state index contributed by atoms with van der Waals surface area (Å²) in [5.74, 6) is -1.52. The molecule has 1 nitrogen and oxygen atoms in total. The van der Waals surface area contributed by atoms with Crippen LogP contribution < -0.4 is 0 Å². The van der Waals surface area contributed by atoms with Gasteiger partial charge in [0.1, 0.15) is 11.6 Å². The minimum absolute atomic E-state index is 0.174. The molecule has 4 heteroatoms. The van der Waals surface area contributed by atoms with Crippen LogP contribution in [0.1, 0.15) is 19.4 Å². The van der Waals surface area contributed by atoms with Crippen LogP contribution in [-0.2, 0) is 4.79 Å². The Balaban J connectivity index is 3.28. The van der Waals surface area contributed by atoms with Crippen LogP contribution in [0.2, 0.25) is 0 Å². The molecule has 0 radical (unpaired) electrons. The average Bonchev–Trinajstić information content (AvgIpc) is 2.13. The Morgan fingerprint density at radius 3 is 2.47 bits per heavy atom. The van der Waals surface area contributed by atoms with E-state index in [2.05, 4.69) is 15.9 Å². The molecule has 0 saturated carbocycles. The van der Waals surface area contributed by atoms with E-state index in [0.29, 0.717) is 5.57 Å². The van der Waals surface area contributed by atoms with Crippen LogP contribution in [0.25, 0.3) is 5.57 Å². The zero-order valence-corrected chi connectivity index (χ0v) is 9.86. The SMILES string of the molecule is CC(=O)/C=C(\C)c1ccc(F)c(Br)c1F. The van der Waals surface area contributed by atoms with Crippen LogP contribution in [0.15, 0.2) is 22.7 Å². The van der Waals surface area contributed by atoms with Gasteiger partial charge in [-0.3, -0.25) is 4.79 Å². The Morgan fingerprint density at radius 2 is 1.93 bits per heavy atom. The number of rotatable bonds is 2. The van der Waals surface area contributed by atoms with Crippen molar-refractivity contribution in [1.29, 1.82) is 0 Å². The maximum absolute atomic E-state index is 13.5. The third kappa shape index (κ3) is 2.72. The predicted molar refractivity (Wildman–Crippen MR) is 58.4 cm³/mol. The lowest BCUT2D eigenvalue weighted by molar-refractivity contribution is -0.112. The molecular formula is C11H9BrF2O. The van der Waals surface area contributed by atoms with Crippen LogP contribution >= 0.6 is 15.9 Å². The lowest BCUT2D eigenvalue weighted by atomic mass is 10.1. The van der Waals surface area contributed by atoms with Gasteiger partial charge in [-0.15, -0.1) is 0 Å². The number of ketones is 1. The Labute approximate surface area is 94.9 Å². The summed E-state index contributed by atoms with van der Waals surface area (Å²) in [7, 11) is 0. The fraction of sp³-hybridized carbons (Fsp3) is 0.182. The van der Waals surface area contributed by atoms with Gasteiger partial charge in [-0.05, 0) is 53.6 Å². The molecule has 0 atom stereocenters. The van der Waals surface area contributed by atoms with Crippen molar-refractivity contribution in [3.05, 3.63) is 39.9 Å². The molecular weight excluding hydrogens is 266 g/mol. The first-order valence-electron chi connectivity index (χ1n) is 4.26. The monoisotopic (exact) mass is 274 g/mol. The maximum atomic E-state index is 13.5. The molecule has 0 unspecified atom stereocenters. The van der Waals surface area contributed by atoms with Crippen LogP contribution in [-0.4, -0.2) is 5.78 Å². The van der Waals surface area contributed by atoms with E-state index in [1.165, 1.54) is 19.1 Å². The van der Waals surface area contributed by atoms with Gasteiger partial charge in [-0.25, -0.2) is 8.78 Å². The Kier molecular flexibility index (Phi) is 3.74. The third-order valence-corrected chi connectivity index (χ3v) is 2.61. The Morgan fingerprint density at radius 1 is 1.33 bits per heavy atom. The lowest BCUT2D eigenvalue weighted by Gasteiger charge is -2.05. The molecule has 0 saturated heterocycles. The molecule has 1 rings (SSSR count). The number of hydrogen-bond donors (Lipinski definition) is 0. The van der Waals surface area contributed by atoms with Gasteiger partial charge < -0.3 is 0 Å². The van der Waals surface area contributed by atoms with Crippen molar-refractivity contribution >= 4 is 27.3 Å². The Hall–Kier alpha value is -1.03. The van der Waals surface area contributed by atoms with E-state index < -0.39 is 11.6 Å². The maximum Gasteiger partial charge on any atom is 0.152 e. The number of benzene rings is 1. The first-order chi connectivity index (χ1) is 6.93. The van der Waals surface area contributed by atoms with E-state index in [4.69, 9.17) is 0 Å². The topological polar surface area (TPSA) is 17.1 Å². The molecule has 0 fully saturated rings. The van der Waals surface area contributed by atoms with Crippen LogP contribution in [0.3, 0.4) is 0 Å². The summed E-state index contributed by atoms with van der Waals surface area (Å²) in [6.07, 6.45) is 1.31. The molecule has 0 aliphatic heterocycles. The summed E-state index contributed by atoms with van der Waals surface area (Å²) in [5, 5.41) is 0. The molecule has 0 amide bonds. The molecule has 1 aromatic rings. The predicted octanol–water partition coefficient (Wildman–Crippen LogP) is 3.72. The second kappa shape index (κ2) is 4.66. The highest BCUT2D eigenvalue weighted by molar-refractivity contribution is 9.10. The summed E-state index contributed by atoms with van der Waals surface area (Å²) in [4.78, 5) is 10.8. The highest BCUT2D eigenvalue weighted by Gasteiger charge is 2.12. The van der Waals surface area contributed by atoms with Crippen molar-refractivity contribution < 1.29 is 13.6 Å². The van der Waals surface area contributed by atoms with Gasteiger partial charge in [0.15, 0.2) is 5.78 Å². The number of halogens is 3. The second-order valence-electron chi connectivity index (χ2n) is 3.16. The molecule has 0 aliphatic carbocycles. The number of carbonyl (C=O) groups is 1. The fourth-order valence-corrected chi connectivity index (χ4v) is 1.56. The standard InChI is InChI=1S/C11H9BrF2O/c1-6(5-7(2)15)8-3-4-9(13)10(12)11(8)14/h3-5H,1-2H3/b6-5+.